The van der Waals surface area contributed by atoms with Crippen LogP contribution >= 0.6 is 23.2 Å². The average Bonchev–Trinajstić information content (AvgIpc) is 2.23. The number of rotatable bonds is 3. The van der Waals surface area contributed by atoms with Gasteiger partial charge in [-0.2, -0.15) is 0 Å². The highest BCUT2D eigenvalue weighted by molar-refractivity contribution is 6.42. The molecule has 0 spiro atoms. The Morgan fingerprint density at radius 1 is 1.44 bits per heavy atom. The van der Waals surface area contributed by atoms with Gasteiger partial charge in [-0.3, -0.25) is 5.21 Å². The van der Waals surface area contributed by atoms with E-state index in [1.165, 1.54) is 7.05 Å². The molecule has 0 unspecified atom stereocenters. The third-order valence-corrected chi connectivity index (χ3v) is 2.71. The number of halogens is 2. The molecule has 0 aliphatic rings. The molecule has 0 aliphatic carbocycles. The molecule has 0 radical (unpaired) electrons. The molecule has 0 fully saturated rings. The molecule has 0 aromatic heterocycles. The van der Waals surface area contributed by atoms with Crippen molar-refractivity contribution < 1.29 is 10.0 Å². The van der Waals surface area contributed by atoms with Crippen molar-refractivity contribution in [3.8, 4) is 0 Å². The summed E-state index contributed by atoms with van der Waals surface area (Å²) in [5, 5.41) is 12.8. The van der Waals surface area contributed by atoms with E-state index >= 15 is 0 Å². The molecule has 0 atom stereocenters. The lowest BCUT2D eigenvalue weighted by Crippen LogP contribution is -2.36. The highest BCUT2D eigenvalue weighted by Gasteiger charge is 2.04. The van der Waals surface area contributed by atoms with E-state index in [1.54, 1.807) is 12.1 Å². The van der Waals surface area contributed by atoms with Crippen LogP contribution in [0, 0.1) is 0 Å². The van der Waals surface area contributed by atoms with Gasteiger partial charge in [0.05, 0.1) is 10.0 Å². The van der Waals surface area contributed by atoms with Gasteiger partial charge in [0.25, 0.3) is 0 Å². The van der Waals surface area contributed by atoms with Gasteiger partial charge in [-0.25, -0.2) is 9.86 Å². The second kappa shape index (κ2) is 5.94. The Bertz CT molecular complexity index is 383. The number of nitrogens with one attached hydrogen (secondary N) is 1. The molecule has 1 aromatic rings. The molecule has 88 valence electrons. The maximum atomic E-state index is 11.0. The minimum Gasteiger partial charge on any atom is -0.336 e. The first kappa shape index (κ1) is 13.1. The van der Waals surface area contributed by atoms with Crippen LogP contribution in [0.4, 0.5) is 4.79 Å². The Morgan fingerprint density at radius 2 is 2.12 bits per heavy atom. The van der Waals surface area contributed by atoms with Gasteiger partial charge < -0.3 is 5.32 Å². The van der Waals surface area contributed by atoms with Crippen LogP contribution in [0.15, 0.2) is 18.2 Å². The Labute approximate surface area is 104 Å². The van der Waals surface area contributed by atoms with Crippen LogP contribution in [0.5, 0.6) is 0 Å². The maximum absolute atomic E-state index is 11.0. The van der Waals surface area contributed by atoms with Gasteiger partial charge in [0, 0.05) is 13.6 Å². The van der Waals surface area contributed by atoms with Gasteiger partial charge in [-0.1, -0.05) is 29.3 Å². The molecule has 16 heavy (non-hydrogen) atoms. The van der Waals surface area contributed by atoms with E-state index < -0.39 is 6.03 Å². The van der Waals surface area contributed by atoms with Crippen molar-refractivity contribution in [2.45, 2.75) is 6.42 Å². The van der Waals surface area contributed by atoms with Crippen molar-refractivity contribution in [2.24, 2.45) is 0 Å². The number of hydrogen-bond acceptors (Lipinski definition) is 2. The second-order valence-corrected chi connectivity index (χ2v) is 4.07. The number of hydroxylamine groups is 2. The number of amides is 2. The van der Waals surface area contributed by atoms with E-state index in [4.69, 9.17) is 28.4 Å². The normalized spacial score (nSPS) is 10.0. The molecule has 0 aliphatic heterocycles. The SMILES string of the molecule is CN(O)C(=O)NCCc1ccc(Cl)c(Cl)c1. The largest absolute Gasteiger partial charge is 0.340 e. The molecular formula is C10H12Cl2N2O2. The summed E-state index contributed by atoms with van der Waals surface area (Å²) in [5.74, 6) is 0. The fourth-order valence-electron chi connectivity index (χ4n) is 1.12. The average molecular weight is 263 g/mol. The van der Waals surface area contributed by atoms with Crippen LogP contribution in [0.1, 0.15) is 5.56 Å². The van der Waals surface area contributed by atoms with Crippen LogP contribution in [0.25, 0.3) is 0 Å². The topological polar surface area (TPSA) is 52.6 Å². The number of carbonyl (C=O) groups excluding carboxylic acids is 1. The number of carbonyl (C=O) groups is 1. The van der Waals surface area contributed by atoms with E-state index in [0.29, 0.717) is 28.1 Å². The van der Waals surface area contributed by atoms with Crippen molar-refractivity contribution in [3.05, 3.63) is 33.8 Å². The molecule has 0 bridgehead atoms. The van der Waals surface area contributed by atoms with Gasteiger partial charge in [0.15, 0.2) is 0 Å². The van der Waals surface area contributed by atoms with Crippen molar-refractivity contribution in [1.29, 1.82) is 0 Å². The zero-order chi connectivity index (χ0) is 12.1. The zero-order valence-electron chi connectivity index (χ0n) is 8.70. The third-order valence-electron chi connectivity index (χ3n) is 1.97. The monoisotopic (exact) mass is 262 g/mol. The molecule has 2 N–H and O–H groups in total. The molecule has 2 amide bonds. The molecule has 0 heterocycles. The summed E-state index contributed by atoms with van der Waals surface area (Å²) in [7, 11) is 1.26. The van der Waals surface area contributed by atoms with Crippen LogP contribution < -0.4 is 5.32 Å². The zero-order valence-corrected chi connectivity index (χ0v) is 10.2. The summed E-state index contributed by atoms with van der Waals surface area (Å²) >= 11 is 11.6. The van der Waals surface area contributed by atoms with Crippen LogP contribution in [-0.2, 0) is 6.42 Å². The first-order valence-corrected chi connectivity index (χ1v) is 5.40. The van der Waals surface area contributed by atoms with Gasteiger partial charge >= 0.3 is 6.03 Å². The van der Waals surface area contributed by atoms with Gasteiger partial charge in [0.1, 0.15) is 0 Å². The summed E-state index contributed by atoms with van der Waals surface area (Å²) in [4.78, 5) is 11.0. The molecule has 1 rings (SSSR count). The number of nitrogens with zero attached hydrogens (tertiary/aromatic N) is 1. The van der Waals surface area contributed by atoms with E-state index in [-0.39, 0.29) is 0 Å². The molecule has 4 nitrogen and oxygen atoms in total. The molecular weight excluding hydrogens is 251 g/mol. The Kier molecular flexibility index (Phi) is 4.86. The van der Waals surface area contributed by atoms with E-state index in [0.717, 1.165) is 5.56 Å². The Morgan fingerprint density at radius 3 is 2.69 bits per heavy atom. The number of hydrogen-bond donors (Lipinski definition) is 2. The summed E-state index contributed by atoms with van der Waals surface area (Å²) in [5.41, 5.74) is 0.968. The minimum absolute atomic E-state index is 0.418. The van der Waals surface area contributed by atoms with Crippen molar-refractivity contribution >= 4 is 29.2 Å². The van der Waals surface area contributed by atoms with Crippen molar-refractivity contribution in [3.63, 3.8) is 0 Å². The first-order valence-electron chi connectivity index (χ1n) is 4.65. The first-order chi connectivity index (χ1) is 7.50. The quantitative estimate of drug-likeness (QED) is 0.650. The van der Waals surface area contributed by atoms with Gasteiger partial charge in [0.2, 0.25) is 0 Å². The summed E-state index contributed by atoms with van der Waals surface area (Å²) in [6.07, 6.45) is 0.621. The van der Waals surface area contributed by atoms with E-state index in [1.807, 2.05) is 6.07 Å². The predicted molar refractivity (Wildman–Crippen MR) is 63.1 cm³/mol. The maximum Gasteiger partial charge on any atom is 0.340 e. The van der Waals surface area contributed by atoms with Crippen LogP contribution in [0.2, 0.25) is 10.0 Å². The van der Waals surface area contributed by atoms with Crippen molar-refractivity contribution in [2.75, 3.05) is 13.6 Å². The summed E-state index contributed by atoms with van der Waals surface area (Å²) < 4.78 is 0. The van der Waals surface area contributed by atoms with Crippen LogP contribution in [0.3, 0.4) is 0 Å². The molecule has 6 heteroatoms. The van der Waals surface area contributed by atoms with E-state index in [2.05, 4.69) is 5.32 Å². The fraction of sp³-hybridized carbons (Fsp3) is 0.300. The third kappa shape index (κ3) is 3.89. The Hall–Kier alpha value is -0.970. The van der Waals surface area contributed by atoms with Gasteiger partial charge in [-0.15, -0.1) is 0 Å². The highest BCUT2D eigenvalue weighted by Crippen LogP contribution is 2.22. The Balaban J connectivity index is 2.43. The standard InChI is InChI=1S/C10H12Cl2N2O2/c1-14(16)10(15)13-5-4-7-2-3-8(11)9(12)6-7/h2-3,6,16H,4-5H2,1H3,(H,13,15). The second-order valence-electron chi connectivity index (χ2n) is 3.25. The fourth-order valence-corrected chi connectivity index (χ4v) is 1.44. The van der Waals surface area contributed by atoms with E-state index in [9.17, 15) is 4.79 Å². The minimum atomic E-state index is -0.542. The lowest BCUT2D eigenvalue weighted by Gasteiger charge is -2.10. The molecule has 0 saturated heterocycles. The lowest BCUT2D eigenvalue weighted by molar-refractivity contribution is -0.0181. The lowest BCUT2D eigenvalue weighted by atomic mass is 10.1. The molecule has 0 saturated carbocycles. The molecule has 1 aromatic carbocycles. The summed E-state index contributed by atoms with van der Waals surface area (Å²) in [6, 6.07) is 4.75. The summed E-state index contributed by atoms with van der Waals surface area (Å²) in [6.45, 7) is 0.418. The number of urea groups is 1. The smallest absolute Gasteiger partial charge is 0.336 e. The van der Waals surface area contributed by atoms with Crippen LogP contribution in [-0.4, -0.2) is 29.9 Å². The number of benzene rings is 1. The van der Waals surface area contributed by atoms with Crippen molar-refractivity contribution in [1.82, 2.24) is 10.4 Å². The van der Waals surface area contributed by atoms with Gasteiger partial charge in [-0.05, 0) is 24.1 Å². The highest BCUT2D eigenvalue weighted by atomic mass is 35.5. The predicted octanol–water partition coefficient (Wildman–Crippen LogP) is 2.57.